The first kappa shape index (κ1) is 124. The van der Waals surface area contributed by atoms with E-state index in [4.69, 9.17) is 71.7 Å². The van der Waals surface area contributed by atoms with Crippen LogP contribution in [-0.4, -0.2) is 313 Å². The summed E-state index contributed by atoms with van der Waals surface area (Å²) in [5.41, 5.74) is -1.90. The number of phenols is 2. The number of hydrogen-bond donors (Lipinski definition) is 13. The third-order valence-electron chi connectivity index (χ3n) is 33.9. The molecule has 3 aliphatic carbocycles. The molecular weight excluding hydrogens is 1920 g/mol. The molecule has 7 aliphatic heterocycles. The highest BCUT2D eigenvalue weighted by Crippen LogP contribution is 2.61. The zero-order valence-electron chi connectivity index (χ0n) is 94.1. The molecule has 842 valence electrons. The Hall–Kier alpha value is -7.31. The van der Waals surface area contributed by atoms with Crippen molar-refractivity contribution >= 4 is 45.8 Å². The third kappa shape index (κ3) is 28.6. The number of hydrogen-bond acceptors (Lipinski definition) is 34. The van der Waals surface area contributed by atoms with E-state index >= 15 is 0 Å². The van der Waals surface area contributed by atoms with Gasteiger partial charge in [0.1, 0.15) is 52.6 Å². The molecule has 13 N–H and O–H groups in total. The van der Waals surface area contributed by atoms with E-state index in [1.54, 1.807) is 127 Å². The molecule has 0 aromatic heterocycles. The summed E-state index contributed by atoms with van der Waals surface area (Å²) in [6.45, 7) is 49.7. The number of Topliss-reactive ketones (excluding diaryl/α,β-unsaturated/α-hetero) is 1. The van der Waals surface area contributed by atoms with Gasteiger partial charge >= 0.3 is 17.7 Å². The van der Waals surface area contributed by atoms with Gasteiger partial charge < -0.3 is 138 Å². The Bertz CT molecular complexity index is 5210. The predicted molar refractivity (Wildman–Crippen MR) is 564 cm³/mol. The number of benzene rings is 2. The number of allylic oxidation sites excluding steroid dienone is 5. The van der Waals surface area contributed by atoms with E-state index < -0.39 is 203 Å². The van der Waals surface area contributed by atoms with E-state index in [1.165, 1.54) is 79.8 Å². The van der Waals surface area contributed by atoms with Gasteiger partial charge in [0.05, 0.1) is 125 Å². The van der Waals surface area contributed by atoms with Crippen molar-refractivity contribution in [2.24, 2.45) is 91.6 Å². The number of esters is 2. The zero-order chi connectivity index (χ0) is 111. The number of likely N-dealkylation sites (tertiary alicyclic amines) is 1. The molecule has 149 heavy (non-hydrogen) atoms. The van der Waals surface area contributed by atoms with Crippen LogP contribution < -0.4 is 20.8 Å². The Morgan fingerprint density at radius 2 is 1.46 bits per heavy atom. The van der Waals surface area contributed by atoms with Crippen LogP contribution >= 0.6 is 0 Å². The van der Waals surface area contributed by atoms with Crippen LogP contribution in [0.15, 0.2) is 86.7 Å². The molecule has 7 heterocycles. The van der Waals surface area contributed by atoms with Crippen LogP contribution in [0.3, 0.4) is 0 Å². The number of piperidine rings is 1. The summed E-state index contributed by atoms with van der Waals surface area (Å²) < 4.78 is 72.1. The summed E-state index contributed by atoms with van der Waals surface area (Å²) in [7, 11) is 8.23. The van der Waals surface area contributed by atoms with Crippen molar-refractivity contribution in [1.82, 2.24) is 9.80 Å². The number of ether oxygens (including phenoxy) is 12. The summed E-state index contributed by atoms with van der Waals surface area (Å²) in [5.74, 6) is -8.48. The number of oxime groups is 1. The van der Waals surface area contributed by atoms with Crippen LogP contribution in [0.25, 0.3) is 10.8 Å². The Morgan fingerprint density at radius 1 is 0.785 bits per heavy atom. The van der Waals surface area contributed by atoms with Crippen molar-refractivity contribution in [3.8, 4) is 17.2 Å². The molecule has 12 rings (SSSR count). The minimum atomic E-state index is -1.97. The molecule has 4 saturated heterocycles. The number of amides is 1. The lowest BCUT2D eigenvalue weighted by Gasteiger charge is -2.49. The number of fused-ring (bicyclic) bond motifs is 2. The fraction of sp³-hybridized carbons (Fsp3) is 0.763. The van der Waals surface area contributed by atoms with Crippen LogP contribution in [0, 0.1) is 83.4 Å². The van der Waals surface area contributed by atoms with Gasteiger partial charge in [0.2, 0.25) is 6.79 Å². The Balaban J connectivity index is 0.000000241. The van der Waals surface area contributed by atoms with E-state index in [0.717, 1.165) is 36.5 Å². The quantitative estimate of drug-likeness (QED) is 0.0162. The number of nitrogens with zero attached hydrogens (tertiary/aromatic N) is 5. The highest BCUT2D eigenvalue weighted by atomic mass is 16.7. The molecule has 33 atom stereocenters. The number of aromatic hydroxyl groups is 2. The van der Waals surface area contributed by atoms with Gasteiger partial charge in [0.15, 0.2) is 24.0 Å². The Labute approximate surface area is 882 Å². The average molecular weight is 2100 g/mol. The fourth-order valence-electron chi connectivity index (χ4n) is 24.9. The monoisotopic (exact) mass is 2100 g/mol. The average Bonchev–Trinajstić information content (AvgIpc) is 1.54. The highest BCUT2D eigenvalue weighted by Gasteiger charge is 2.57. The lowest BCUT2D eigenvalue weighted by Crippen LogP contribution is -2.61. The number of aliphatic hydroxyl groups is 10. The summed E-state index contributed by atoms with van der Waals surface area (Å²) >= 11 is 0. The minimum absolute atomic E-state index is 0.0307. The Morgan fingerprint density at radius 3 is 2.08 bits per heavy atom. The van der Waals surface area contributed by atoms with E-state index in [0.29, 0.717) is 80.7 Å². The first-order valence-electron chi connectivity index (χ1n) is 54.2. The number of carbonyl (C=O) groups is 4. The zero-order valence-corrected chi connectivity index (χ0v) is 94.1. The number of ketones is 1. The molecule has 2 aromatic rings. The lowest BCUT2D eigenvalue weighted by molar-refractivity contribution is -0.317. The number of cyclic esters (lactones) is 1. The van der Waals surface area contributed by atoms with Crippen LogP contribution in [0.5, 0.6) is 17.2 Å². The summed E-state index contributed by atoms with van der Waals surface area (Å²) in [5, 5.41) is 144. The van der Waals surface area contributed by atoms with Gasteiger partial charge in [0, 0.05) is 144 Å². The number of phenolic OH excluding ortho intramolecular Hbond substituents is 2. The highest BCUT2D eigenvalue weighted by molar-refractivity contribution is 6.19. The number of methoxy groups -OCH3 is 3. The van der Waals surface area contributed by atoms with E-state index in [9.17, 15) is 80.5 Å². The van der Waals surface area contributed by atoms with Gasteiger partial charge in [-0.2, -0.15) is 0 Å². The Kier molecular flexibility index (Phi) is 42.8. The molecule has 8 unspecified atom stereocenters. The predicted octanol–water partition coefficient (Wildman–Crippen LogP) is 12.7. The van der Waals surface area contributed by atoms with E-state index in [-0.39, 0.29) is 100 Å². The molecule has 1 spiro atoms. The second-order valence-corrected chi connectivity index (χ2v) is 47.0. The van der Waals surface area contributed by atoms with Crippen molar-refractivity contribution < 1.29 is 142 Å². The van der Waals surface area contributed by atoms with Gasteiger partial charge in [-0.25, -0.2) is 0 Å². The standard InChI is InChI=1S/C46H62N4O11.C41H76N2O15.C27H44O3/c1-22(2)21-50-18-16-46(17-19-50)48-34-31-32-39(54)28(8)42-33(31)43(56)45(10,61-42)59-20-15-30(58-11)25(5)41(60-29(9)51)27(7)38(53)26(6)37(52)23(3)13-12-14-24(4)44(57)47-36(40(32)55)35(34)49-46;1-15-29-41(10,49)34(45)24(4)31(42-53-21-52-17-16-50-13)22(2)19-39(8,48)36(58-38-32(44)28(43(11)12)18-23(3)54-38)25(5)33(26(6)37(47)56-29)57-30-20-40(9,51-14)35(46)27(7)55-30;1-18(8-6-14-26(3,4)30)23-12-13-24-20(9-7-15-27(23,24)5)10-11-21-16-22(28)17-25(29)19(21)2/h12-15,20,22-23,25-27,30,37-38,41,52-55H,16-19,21H2,1-11H3,(H,47,57);22-30,32-36,38,44-46,48-49H,15-21H2,1-14H3;10-11,18,22-25,28-30H,2,6-9,12-17H2,1,3-5H3/b13-12-,20-15-,24-14+;42-31+;20-10+,21-11-/t23-,25+,26+,27-,30-,37-,38+,41-,45-;22-,23?,24+,25+,26-,27?,28?,29-,30?,32?,33+,34-,35?,36-,38?,39-,40?,41-;18-,22-,23-,24+,25+,27-/m011/s1. The number of anilines is 1. The van der Waals surface area contributed by atoms with Crippen LogP contribution in [0.4, 0.5) is 5.69 Å². The third-order valence-corrected chi connectivity index (χ3v) is 33.9. The molecule has 7 fully saturated rings. The summed E-state index contributed by atoms with van der Waals surface area (Å²) in [4.78, 5) is 75.5. The van der Waals surface area contributed by atoms with Gasteiger partial charge in [0.25, 0.3) is 11.7 Å². The topological polar surface area (TPSA) is 487 Å². The molecule has 35 heteroatoms. The molecule has 0 radical (unpaired) electrons. The summed E-state index contributed by atoms with van der Waals surface area (Å²) in [6, 6.07) is -0.328. The van der Waals surface area contributed by atoms with Crippen molar-refractivity contribution in [3.05, 3.63) is 93.4 Å². The molecule has 35 nitrogen and oxygen atoms in total. The van der Waals surface area contributed by atoms with E-state index in [2.05, 4.69) is 61.8 Å². The molecule has 3 saturated carbocycles. The van der Waals surface area contributed by atoms with Crippen molar-refractivity contribution in [1.29, 1.82) is 0 Å². The number of rotatable bonds is 23. The maximum Gasteiger partial charge on any atom is 0.312 e. The largest absolute Gasteiger partial charge is 0.507 e. The maximum absolute atomic E-state index is 14.7. The number of likely N-dealkylation sites (N-methyl/N-ethyl adjacent to an activating group) is 1. The van der Waals surface area contributed by atoms with Crippen LogP contribution in [0.2, 0.25) is 0 Å². The lowest BCUT2D eigenvalue weighted by atomic mass is 9.60. The first-order valence-corrected chi connectivity index (χ1v) is 54.2. The van der Waals surface area contributed by atoms with Gasteiger partial charge in [-0.3, -0.25) is 29.2 Å². The fourth-order valence-corrected chi connectivity index (χ4v) is 24.9. The molecular formula is C114H182N6O29. The number of nitrogens with one attached hydrogen (secondary N) is 1. The molecule has 1 amide bonds. The SMILES string of the molecule is C=C1/C(=C\C=C2/CCC[C@]3(C)[C@@H]([C@H](C)CCCC(C)(C)O)CC[C@@H]23)C[C@@H](O)C[C@@H]1O.CC[C@H]1OC(=O)[C@H](C)[C@@H](OC2CC(C)(OC)C(O)C(C)O2)[C@H](C)[C@@H](OC2OC(C)CC(N(C)C)C2O)[C@](C)(O)C[C@@H](C)/C(=N\OCOCCOC)[C@H](C)[C@@H](O)[C@]1(C)O.CO[C@H]1/C=C\O[C@@]2(C)Oc3c(C)c(O)c4c(O)c(c5c(c4c3C2=O)=NC2(CCN(CC(C)C)CC2)N=5)NC(=O)/C(C)=C/C=C\[C@H](C)[C@H](O)[C@@H](C)[C@@H](O)[C@H](C)[C@@H](OC(C)=O)[C@@H]1C. The van der Waals surface area contributed by atoms with E-state index in [1.807, 2.05) is 46.7 Å². The number of aliphatic hydroxyl groups excluding tert-OH is 7. The minimum Gasteiger partial charge on any atom is -0.507 e. The molecule has 10 aliphatic rings. The van der Waals surface area contributed by atoms with Gasteiger partial charge in [-0.05, 0) is 194 Å². The van der Waals surface area contributed by atoms with Gasteiger partial charge in [-0.15, -0.1) is 0 Å². The van der Waals surface area contributed by atoms with Crippen molar-refractivity contribution in [2.45, 2.75) is 407 Å². The normalized spacial score (nSPS) is 39.0. The second kappa shape index (κ2) is 51.6. The summed E-state index contributed by atoms with van der Waals surface area (Å²) in [6.07, 6.45) is 9.40. The first-order chi connectivity index (χ1) is 69.6. The van der Waals surface area contributed by atoms with Crippen molar-refractivity contribution in [3.63, 3.8) is 0 Å². The maximum atomic E-state index is 14.7. The van der Waals surface area contributed by atoms with Crippen LogP contribution in [-0.2, 0) is 71.3 Å². The number of carbonyl (C=O) groups excluding carboxylic acids is 4. The second-order valence-electron chi connectivity index (χ2n) is 47.0. The van der Waals surface area contributed by atoms with Gasteiger partial charge in [-0.1, -0.05) is 144 Å². The molecule has 2 aromatic carbocycles. The molecule has 4 bridgehead atoms. The smallest absolute Gasteiger partial charge is 0.312 e. The van der Waals surface area contributed by atoms with Crippen molar-refractivity contribution in [2.75, 3.05) is 80.4 Å². The van der Waals surface area contributed by atoms with Crippen LogP contribution in [0.1, 0.15) is 278 Å².